The van der Waals surface area contributed by atoms with Gasteiger partial charge >= 0.3 is 66.2 Å². The van der Waals surface area contributed by atoms with Crippen molar-refractivity contribution >= 4 is 53.6 Å². The minimum atomic E-state index is -0.528. The van der Waals surface area contributed by atoms with Crippen molar-refractivity contribution in [3.63, 3.8) is 0 Å². The van der Waals surface area contributed by atoms with Crippen molar-refractivity contribution in [1.82, 2.24) is 0 Å². The van der Waals surface area contributed by atoms with Crippen molar-refractivity contribution in [2.45, 2.75) is 6.92 Å². The van der Waals surface area contributed by atoms with Gasteiger partial charge in [-0.25, -0.2) is 0 Å². The summed E-state index contributed by atoms with van der Waals surface area (Å²) in [5, 5.41) is 0. The molecule has 0 saturated carbocycles. The summed E-state index contributed by atoms with van der Waals surface area (Å²) in [6.07, 6.45) is 0. The summed E-state index contributed by atoms with van der Waals surface area (Å²) in [7, 11) is 4.31. The molecule has 38 valence electrons. The van der Waals surface area contributed by atoms with Crippen LogP contribution in [0.5, 0.6) is 0 Å². The molecular weight excluding hydrogens is 341 g/mol. The Hall–Kier alpha value is 2.24. The molecule has 0 aromatic heterocycles. The van der Waals surface area contributed by atoms with Gasteiger partial charge < -0.3 is 0 Å². The first-order valence-electron chi connectivity index (χ1n) is 1.49. The fourth-order valence-electron chi connectivity index (χ4n) is 0. The van der Waals surface area contributed by atoms with E-state index in [1.54, 1.807) is 0 Å². The topological polar surface area (TPSA) is 0 Å². The van der Waals surface area contributed by atoms with Gasteiger partial charge in [-0.05, 0) is 0 Å². The van der Waals surface area contributed by atoms with Crippen LogP contribution >= 0.6 is 53.6 Å². The van der Waals surface area contributed by atoms with Gasteiger partial charge in [0.2, 0.25) is 0 Å². The molecule has 6 heavy (non-hydrogen) atoms. The average Bonchev–Trinajstić information content (AvgIpc) is 1.35. The third-order valence-electron chi connectivity index (χ3n) is 0.347. The van der Waals surface area contributed by atoms with Crippen LogP contribution in [-0.4, -0.2) is 5.75 Å². The van der Waals surface area contributed by atoms with E-state index in [0.717, 1.165) is 0 Å². The third kappa shape index (κ3) is 6.24. The van der Waals surface area contributed by atoms with E-state index in [4.69, 9.17) is 0 Å². The van der Waals surface area contributed by atoms with Gasteiger partial charge in [-0.3, -0.25) is 0 Å². The van der Waals surface area contributed by atoms with E-state index in [2.05, 4.69) is 57.1 Å². The number of hydrogen-bond donors (Lipinski definition) is 0. The molecule has 0 spiro atoms. The van der Waals surface area contributed by atoms with Gasteiger partial charge in [0.1, 0.15) is 0 Å². The zero-order valence-corrected chi connectivity index (χ0v) is 9.34. The zero-order chi connectivity index (χ0) is 5.21. The molecule has 0 aliphatic heterocycles. The second-order valence-electron chi connectivity index (χ2n) is 0.832. The Labute approximate surface area is 65.4 Å². The van der Waals surface area contributed by atoms with Crippen LogP contribution in [-0.2, 0) is 0 Å². The molecule has 0 rings (SSSR count). The van der Waals surface area contributed by atoms with Gasteiger partial charge in [0.15, 0.2) is 0 Å². The van der Waals surface area contributed by atoms with Gasteiger partial charge in [0.05, 0.1) is 0 Å². The summed E-state index contributed by atoms with van der Waals surface area (Å²) in [5.41, 5.74) is 0. The van der Waals surface area contributed by atoms with Crippen LogP contribution in [0, 0.1) is 0 Å². The van der Waals surface area contributed by atoms with Crippen molar-refractivity contribution in [2.24, 2.45) is 0 Å². The van der Waals surface area contributed by atoms with Crippen LogP contribution in [0.3, 0.4) is 0 Å². The molecule has 0 aromatic rings. The molecule has 0 atom stereocenters. The van der Waals surface area contributed by atoms with Gasteiger partial charge in [0, 0.05) is 0 Å². The molecule has 0 fully saturated rings. The Kier molecular flexibility index (Phi) is 4.53. The summed E-state index contributed by atoms with van der Waals surface area (Å²) >= 11 is 4.75. The summed E-state index contributed by atoms with van der Waals surface area (Å²) in [5.74, 6) is 1.19. The number of hydrogen-bond acceptors (Lipinski definition) is 0. The van der Waals surface area contributed by atoms with E-state index >= 15 is 0 Å². The van der Waals surface area contributed by atoms with E-state index in [0.29, 0.717) is 0 Å². The predicted molar refractivity (Wildman–Crippen MR) is 53.1 cm³/mol. The van der Waals surface area contributed by atoms with Crippen molar-refractivity contribution in [3.05, 3.63) is 0 Å². The molecule has 0 aliphatic carbocycles. The van der Waals surface area contributed by atoms with Gasteiger partial charge in [-0.2, -0.15) is 0 Å². The second kappa shape index (κ2) is 3.30. The second-order valence-corrected chi connectivity index (χ2v) is 22.6. The van der Waals surface area contributed by atoms with Crippen LogP contribution in [0.2, 0.25) is 0 Å². The number of halogens is 2. The maximum absolute atomic E-state index is 4.31. The summed E-state index contributed by atoms with van der Waals surface area (Å²) < 4.78 is -0.528. The van der Waals surface area contributed by atoms with Crippen LogP contribution in [0.15, 0.2) is 0 Å². The molecule has 0 bridgehead atoms. The Morgan fingerprint density at radius 3 is 1.83 bits per heavy atom. The first-order valence-corrected chi connectivity index (χ1v) is 9.43. The van der Waals surface area contributed by atoms with Crippen LogP contribution in [0.4, 0.5) is 0 Å². The molecule has 0 aliphatic rings. The van der Waals surface area contributed by atoms with E-state index < -0.39 is 3.35 Å². The quantitative estimate of drug-likeness (QED) is 0.462. The maximum atomic E-state index is 4.31. The fourth-order valence-corrected chi connectivity index (χ4v) is 0. The van der Waals surface area contributed by atoms with E-state index in [-0.39, 0.29) is 0 Å². The standard InChI is InChI=1S/C2H5I2PS/c1-2-6(3,4)5/h2H2,1H3. The van der Waals surface area contributed by atoms with Crippen molar-refractivity contribution in [3.8, 4) is 0 Å². The Morgan fingerprint density at radius 1 is 1.67 bits per heavy atom. The average molecular weight is 346 g/mol. The van der Waals surface area contributed by atoms with Crippen molar-refractivity contribution in [1.29, 1.82) is 0 Å². The van der Waals surface area contributed by atoms with Crippen LogP contribution < -0.4 is 0 Å². The van der Waals surface area contributed by atoms with Crippen molar-refractivity contribution < 1.29 is 0 Å². The van der Waals surface area contributed by atoms with Crippen molar-refractivity contribution in [2.75, 3.05) is 5.75 Å². The molecule has 4 heteroatoms. The molecule has 0 amide bonds. The minimum absolute atomic E-state index is 0.528. The molecule has 0 heterocycles. The van der Waals surface area contributed by atoms with E-state index in [1.807, 2.05) is 0 Å². The molecule has 0 unspecified atom stereocenters. The van der Waals surface area contributed by atoms with Crippen LogP contribution in [0.1, 0.15) is 6.92 Å². The molecule has 0 N–H and O–H groups in total. The van der Waals surface area contributed by atoms with Gasteiger partial charge in [0.25, 0.3) is 0 Å². The van der Waals surface area contributed by atoms with Gasteiger partial charge in [-0.1, -0.05) is 0 Å². The fraction of sp³-hybridized carbons (Fsp3) is 1.00. The molecular formula is C2H5I2PS. The summed E-state index contributed by atoms with van der Waals surface area (Å²) in [4.78, 5) is 0. The molecule has 0 nitrogen and oxygen atoms in total. The first-order chi connectivity index (χ1) is 2.56. The Morgan fingerprint density at radius 2 is 1.83 bits per heavy atom. The monoisotopic (exact) mass is 346 g/mol. The summed E-state index contributed by atoms with van der Waals surface area (Å²) in [6, 6.07) is 0. The Balaban J connectivity index is 3.60. The zero-order valence-electron chi connectivity index (χ0n) is 3.32. The normalized spacial score (nSPS) is 11.7. The predicted octanol–water partition coefficient (Wildman–Crippen LogP) is 3.84. The summed E-state index contributed by atoms with van der Waals surface area (Å²) in [6.45, 7) is 2.15. The third-order valence-corrected chi connectivity index (χ3v) is 5.55. The Bertz CT molecular complexity index is 112. The molecule has 0 radical (unpaired) electrons. The number of rotatable bonds is 0. The molecule has 0 saturated heterocycles. The molecule has 0 aromatic carbocycles. The van der Waals surface area contributed by atoms with E-state index in [1.165, 1.54) is 5.75 Å². The first kappa shape index (κ1) is 8.24. The van der Waals surface area contributed by atoms with Gasteiger partial charge in [-0.15, -0.1) is 0 Å². The van der Waals surface area contributed by atoms with E-state index in [9.17, 15) is 0 Å². The SMILES string of the molecule is CCS(#P)(I)I. The van der Waals surface area contributed by atoms with Crippen LogP contribution in [0.25, 0.3) is 0 Å².